The quantitative estimate of drug-likeness (QED) is 0.665. The van der Waals surface area contributed by atoms with Crippen LogP contribution in [-0.2, 0) is 11.2 Å². The molecule has 0 bridgehead atoms. The fourth-order valence-corrected chi connectivity index (χ4v) is 3.51. The number of rotatable bonds is 7. The lowest BCUT2D eigenvalue weighted by atomic mass is 10.00. The zero-order valence-electron chi connectivity index (χ0n) is 16.5. The molecular formula is C23H25N3O3. The number of aryl methyl sites for hydroxylation is 1. The first-order valence-electron chi connectivity index (χ1n) is 10.0. The van der Waals surface area contributed by atoms with Crippen molar-refractivity contribution in [3.8, 4) is 17.2 Å². The number of para-hydroxylation sites is 1. The van der Waals surface area contributed by atoms with E-state index in [2.05, 4.69) is 10.4 Å². The molecule has 0 spiro atoms. The van der Waals surface area contributed by atoms with Gasteiger partial charge in [-0.3, -0.25) is 4.79 Å². The standard InChI is InChI=1S/C23H25N3O3/c1-2-28-19-9-10-22-20(14-19)21(12-13-29-22)25-23(27)11-8-17-15-24-26(16-17)18-6-4-3-5-7-18/h3-7,9-10,14-16,21H,2,8,11-13H2,1H3,(H,25,27). The van der Waals surface area contributed by atoms with E-state index in [1.165, 1.54) is 0 Å². The number of ether oxygens (including phenoxy) is 2. The Labute approximate surface area is 170 Å². The van der Waals surface area contributed by atoms with Gasteiger partial charge in [0.25, 0.3) is 0 Å². The Hall–Kier alpha value is -3.28. The van der Waals surface area contributed by atoms with Gasteiger partial charge in [0.1, 0.15) is 11.5 Å². The Bertz CT molecular complexity index is 969. The van der Waals surface area contributed by atoms with Gasteiger partial charge in [-0.05, 0) is 49.2 Å². The van der Waals surface area contributed by atoms with Gasteiger partial charge in [-0.15, -0.1) is 0 Å². The Balaban J connectivity index is 1.36. The van der Waals surface area contributed by atoms with Gasteiger partial charge in [0.15, 0.2) is 0 Å². The summed E-state index contributed by atoms with van der Waals surface area (Å²) in [5, 5.41) is 7.54. The van der Waals surface area contributed by atoms with Crippen LogP contribution in [0, 0.1) is 0 Å². The molecule has 1 N–H and O–H groups in total. The summed E-state index contributed by atoms with van der Waals surface area (Å²) in [6.45, 7) is 3.15. The summed E-state index contributed by atoms with van der Waals surface area (Å²) < 4.78 is 13.1. The van der Waals surface area contributed by atoms with Crippen LogP contribution >= 0.6 is 0 Å². The molecule has 6 heteroatoms. The molecule has 0 radical (unpaired) electrons. The third-order valence-electron chi connectivity index (χ3n) is 4.96. The lowest BCUT2D eigenvalue weighted by molar-refractivity contribution is -0.122. The van der Waals surface area contributed by atoms with E-state index in [0.717, 1.165) is 34.7 Å². The number of nitrogens with one attached hydrogen (secondary N) is 1. The van der Waals surface area contributed by atoms with Crippen LogP contribution in [0.15, 0.2) is 60.9 Å². The number of carbonyl (C=O) groups is 1. The number of fused-ring (bicyclic) bond motifs is 1. The van der Waals surface area contributed by atoms with Crippen LogP contribution in [0.3, 0.4) is 0 Å². The largest absolute Gasteiger partial charge is 0.494 e. The van der Waals surface area contributed by atoms with Gasteiger partial charge >= 0.3 is 0 Å². The average molecular weight is 391 g/mol. The molecule has 29 heavy (non-hydrogen) atoms. The lowest BCUT2D eigenvalue weighted by Gasteiger charge is -2.27. The van der Waals surface area contributed by atoms with Crippen LogP contribution in [0.2, 0.25) is 0 Å². The van der Waals surface area contributed by atoms with Crippen LogP contribution in [0.4, 0.5) is 0 Å². The second-order valence-electron chi connectivity index (χ2n) is 7.02. The SMILES string of the molecule is CCOc1ccc2c(c1)C(NC(=O)CCc1cnn(-c3ccccc3)c1)CCO2. The van der Waals surface area contributed by atoms with E-state index in [-0.39, 0.29) is 11.9 Å². The number of aromatic nitrogens is 2. The van der Waals surface area contributed by atoms with Crippen molar-refractivity contribution in [1.82, 2.24) is 15.1 Å². The molecule has 2 aromatic carbocycles. The molecular weight excluding hydrogens is 366 g/mol. The normalized spacial score (nSPS) is 15.3. The molecule has 1 amide bonds. The van der Waals surface area contributed by atoms with Gasteiger partial charge < -0.3 is 14.8 Å². The van der Waals surface area contributed by atoms with Crippen LogP contribution in [0.25, 0.3) is 5.69 Å². The highest BCUT2D eigenvalue weighted by Crippen LogP contribution is 2.34. The van der Waals surface area contributed by atoms with Crippen LogP contribution in [0.1, 0.15) is 36.9 Å². The zero-order chi connectivity index (χ0) is 20.1. The van der Waals surface area contributed by atoms with E-state index in [4.69, 9.17) is 9.47 Å². The van der Waals surface area contributed by atoms with Crippen molar-refractivity contribution >= 4 is 5.91 Å². The molecule has 1 aliphatic rings. The summed E-state index contributed by atoms with van der Waals surface area (Å²) in [5.74, 6) is 1.63. The van der Waals surface area contributed by atoms with E-state index in [9.17, 15) is 4.79 Å². The van der Waals surface area contributed by atoms with E-state index >= 15 is 0 Å². The van der Waals surface area contributed by atoms with Gasteiger partial charge in [-0.2, -0.15) is 5.10 Å². The minimum Gasteiger partial charge on any atom is -0.494 e. The summed E-state index contributed by atoms with van der Waals surface area (Å²) >= 11 is 0. The molecule has 0 saturated carbocycles. The zero-order valence-corrected chi connectivity index (χ0v) is 16.5. The molecule has 1 aliphatic heterocycles. The Morgan fingerprint density at radius 3 is 2.97 bits per heavy atom. The van der Waals surface area contributed by atoms with Crippen molar-refractivity contribution in [2.24, 2.45) is 0 Å². The molecule has 1 atom stereocenters. The topological polar surface area (TPSA) is 65.4 Å². The predicted octanol–water partition coefficient (Wildman–Crippen LogP) is 3.84. The second kappa shape index (κ2) is 8.82. The fourth-order valence-electron chi connectivity index (χ4n) is 3.51. The first kappa shape index (κ1) is 19.1. The molecule has 6 nitrogen and oxygen atoms in total. The van der Waals surface area contributed by atoms with Crippen molar-refractivity contribution < 1.29 is 14.3 Å². The van der Waals surface area contributed by atoms with Crippen LogP contribution < -0.4 is 14.8 Å². The molecule has 0 saturated heterocycles. The fraction of sp³-hybridized carbons (Fsp3) is 0.304. The van der Waals surface area contributed by atoms with E-state index < -0.39 is 0 Å². The maximum absolute atomic E-state index is 12.6. The van der Waals surface area contributed by atoms with Crippen molar-refractivity contribution in [3.63, 3.8) is 0 Å². The van der Waals surface area contributed by atoms with Gasteiger partial charge in [0.2, 0.25) is 5.91 Å². The Morgan fingerprint density at radius 2 is 2.14 bits per heavy atom. The van der Waals surface area contributed by atoms with E-state index in [1.54, 1.807) is 0 Å². The maximum atomic E-state index is 12.6. The first-order chi connectivity index (χ1) is 14.2. The minimum absolute atomic E-state index is 0.0251. The van der Waals surface area contributed by atoms with Gasteiger partial charge in [-0.25, -0.2) is 4.68 Å². The Morgan fingerprint density at radius 1 is 1.28 bits per heavy atom. The van der Waals surface area contributed by atoms with Gasteiger partial charge in [0, 0.05) is 24.6 Å². The third-order valence-corrected chi connectivity index (χ3v) is 4.96. The Kier molecular flexibility index (Phi) is 5.79. The van der Waals surface area contributed by atoms with Crippen molar-refractivity contribution in [2.75, 3.05) is 13.2 Å². The highest BCUT2D eigenvalue weighted by molar-refractivity contribution is 5.77. The van der Waals surface area contributed by atoms with Crippen molar-refractivity contribution in [2.45, 2.75) is 32.2 Å². The molecule has 4 rings (SSSR count). The average Bonchev–Trinajstić information content (AvgIpc) is 3.23. The minimum atomic E-state index is -0.0568. The number of carbonyl (C=O) groups excluding carboxylic acids is 1. The molecule has 2 heterocycles. The summed E-state index contributed by atoms with van der Waals surface area (Å²) in [6, 6.07) is 15.7. The van der Waals surface area contributed by atoms with E-state index in [1.807, 2.05) is 72.5 Å². The van der Waals surface area contributed by atoms with Gasteiger partial charge in [-0.1, -0.05) is 18.2 Å². The molecule has 1 unspecified atom stereocenters. The summed E-state index contributed by atoms with van der Waals surface area (Å²) in [6.07, 6.45) is 5.60. The van der Waals surface area contributed by atoms with E-state index in [0.29, 0.717) is 26.1 Å². The highest BCUT2D eigenvalue weighted by atomic mass is 16.5. The number of hydrogen-bond acceptors (Lipinski definition) is 4. The molecule has 1 aromatic heterocycles. The number of nitrogens with zero attached hydrogens (tertiary/aromatic N) is 2. The lowest BCUT2D eigenvalue weighted by Crippen LogP contribution is -2.32. The third kappa shape index (κ3) is 4.59. The maximum Gasteiger partial charge on any atom is 0.220 e. The molecule has 3 aromatic rings. The van der Waals surface area contributed by atoms with Crippen molar-refractivity contribution in [1.29, 1.82) is 0 Å². The molecule has 0 aliphatic carbocycles. The number of amides is 1. The molecule has 150 valence electrons. The second-order valence-corrected chi connectivity index (χ2v) is 7.02. The summed E-state index contributed by atoms with van der Waals surface area (Å²) in [4.78, 5) is 12.6. The van der Waals surface area contributed by atoms with Crippen molar-refractivity contribution in [3.05, 3.63) is 72.1 Å². The smallest absolute Gasteiger partial charge is 0.220 e. The number of benzene rings is 2. The first-order valence-corrected chi connectivity index (χ1v) is 10.0. The predicted molar refractivity (Wildman–Crippen MR) is 110 cm³/mol. The van der Waals surface area contributed by atoms with Crippen LogP contribution in [-0.4, -0.2) is 28.9 Å². The molecule has 0 fully saturated rings. The summed E-state index contributed by atoms with van der Waals surface area (Å²) in [7, 11) is 0. The number of hydrogen-bond donors (Lipinski definition) is 1. The highest BCUT2D eigenvalue weighted by Gasteiger charge is 2.23. The summed E-state index contributed by atoms with van der Waals surface area (Å²) in [5.41, 5.74) is 3.02. The van der Waals surface area contributed by atoms with Gasteiger partial charge in [0.05, 0.1) is 31.1 Å². The monoisotopic (exact) mass is 391 g/mol. The van der Waals surface area contributed by atoms with Crippen LogP contribution in [0.5, 0.6) is 11.5 Å².